The van der Waals surface area contributed by atoms with E-state index in [0.29, 0.717) is 17.9 Å². The number of carbonyl (C=O) groups is 1. The zero-order valence-corrected chi connectivity index (χ0v) is 14.2. The summed E-state index contributed by atoms with van der Waals surface area (Å²) in [6.45, 7) is 1.99. The van der Waals surface area contributed by atoms with E-state index in [9.17, 15) is 9.18 Å². The number of amides is 1. The van der Waals surface area contributed by atoms with Crippen LogP contribution in [0.4, 0.5) is 4.39 Å². The van der Waals surface area contributed by atoms with E-state index in [1.165, 1.54) is 6.07 Å². The van der Waals surface area contributed by atoms with Gasteiger partial charge in [-0.3, -0.25) is 4.79 Å². The molecule has 0 aromatic heterocycles. The van der Waals surface area contributed by atoms with Gasteiger partial charge in [-0.1, -0.05) is 30.3 Å². The van der Waals surface area contributed by atoms with Crippen LogP contribution in [-0.4, -0.2) is 23.7 Å². The Morgan fingerprint density at radius 1 is 1.28 bits per heavy atom. The van der Waals surface area contributed by atoms with Crippen molar-refractivity contribution in [2.45, 2.75) is 37.9 Å². The fourth-order valence-electron chi connectivity index (χ4n) is 2.96. The van der Waals surface area contributed by atoms with Crippen molar-refractivity contribution in [2.24, 2.45) is 0 Å². The van der Waals surface area contributed by atoms with Crippen molar-refractivity contribution in [2.75, 3.05) is 6.54 Å². The third-order valence-corrected chi connectivity index (χ3v) is 4.66. The van der Waals surface area contributed by atoms with Crippen molar-refractivity contribution >= 4 is 5.91 Å². The molecule has 1 aliphatic rings. The van der Waals surface area contributed by atoms with Gasteiger partial charge in [0, 0.05) is 12.0 Å². The van der Waals surface area contributed by atoms with Gasteiger partial charge in [-0.15, -0.1) is 0 Å². The summed E-state index contributed by atoms with van der Waals surface area (Å²) >= 11 is 0. The monoisotopic (exact) mass is 343 g/mol. The first-order valence-electron chi connectivity index (χ1n) is 8.43. The summed E-state index contributed by atoms with van der Waals surface area (Å²) in [4.78, 5) is 12.3. The first-order chi connectivity index (χ1) is 12.0. The van der Waals surface area contributed by atoms with E-state index in [-0.39, 0.29) is 23.7 Å². The van der Waals surface area contributed by atoms with Crippen LogP contribution in [0.3, 0.4) is 0 Å². The lowest BCUT2D eigenvalue weighted by molar-refractivity contribution is -0.127. The van der Waals surface area contributed by atoms with Crippen molar-refractivity contribution in [1.29, 1.82) is 0 Å². The third-order valence-electron chi connectivity index (χ3n) is 4.66. The number of nitrogens with one attached hydrogen (secondary N) is 1. The zero-order chi connectivity index (χ0) is 17.9. The Hall–Kier alpha value is -2.40. The summed E-state index contributed by atoms with van der Waals surface area (Å²) in [6.07, 6.45) is 1.05. The van der Waals surface area contributed by atoms with E-state index in [4.69, 9.17) is 9.84 Å². The molecule has 2 aromatic rings. The van der Waals surface area contributed by atoms with Gasteiger partial charge in [0.05, 0.1) is 6.61 Å². The van der Waals surface area contributed by atoms with E-state index in [1.54, 1.807) is 43.3 Å². The van der Waals surface area contributed by atoms with Gasteiger partial charge in [-0.25, -0.2) is 4.39 Å². The molecule has 0 radical (unpaired) electrons. The number of hydrogen-bond donors (Lipinski definition) is 2. The lowest BCUT2D eigenvalue weighted by Crippen LogP contribution is -2.40. The molecule has 132 valence electrons. The number of aliphatic hydroxyl groups is 1. The normalized spacial score (nSPS) is 16.1. The number of ether oxygens (including phenoxy) is 1. The first-order valence-corrected chi connectivity index (χ1v) is 8.43. The molecule has 1 atom stereocenters. The summed E-state index contributed by atoms with van der Waals surface area (Å²) in [5.41, 5.74) is 1.10. The van der Waals surface area contributed by atoms with E-state index in [1.807, 2.05) is 6.07 Å². The smallest absolute Gasteiger partial charge is 0.260 e. The van der Waals surface area contributed by atoms with Crippen molar-refractivity contribution in [3.8, 4) is 5.75 Å². The maximum absolute atomic E-state index is 14.0. The van der Waals surface area contributed by atoms with Crippen molar-refractivity contribution in [3.05, 3.63) is 65.5 Å². The molecule has 4 nitrogen and oxygen atoms in total. The first kappa shape index (κ1) is 17.4. The van der Waals surface area contributed by atoms with Gasteiger partial charge in [0.25, 0.3) is 5.91 Å². The molecular formula is C20H22FNO3. The Kier molecular flexibility index (Phi) is 5.04. The average molecular weight is 343 g/mol. The van der Waals surface area contributed by atoms with Gasteiger partial charge >= 0.3 is 0 Å². The van der Waals surface area contributed by atoms with Crippen LogP contribution in [0.5, 0.6) is 5.75 Å². The summed E-state index contributed by atoms with van der Waals surface area (Å²) in [5.74, 6) is 0.0702. The predicted molar refractivity (Wildman–Crippen MR) is 92.8 cm³/mol. The lowest BCUT2D eigenvalue weighted by Gasteiger charge is -2.20. The number of benzene rings is 2. The highest BCUT2D eigenvalue weighted by atomic mass is 19.1. The molecule has 2 N–H and O–H groups in total. The predicted octanol–water partition coefficient (Wildman–Crippen LogP) is 2.93. The van der Waals surface area contributed by atoms with E-state index < -0.39 is 6.10 Å². The largest absolute Gasteiger partial charge is 0.481 e. The van der Waals surface area contributed by atoms with Crippen molar-refractivity contribution < 1.29 is 19.0 Å². The molecule has 1 aliphatic carbocycles. The molecule has 0 saturated heterocycles. The number of halogens is 1. The van der Waals surface area contributed by atoms with Gasteiger partial charge in [-0.2, -0.15) is 0 Å². The van der Waals surface area contributed by atoms with E-state index in [0.717, 1.165) is 18.4 Å². The van der Waals surface area contributed by atoms with Crippen LogP contribution >= 0.6 is 0 Å². The van der Waals surface area contributed by atoms with Crippen LogP contribution in [0.1, 0.15) is 30.9 Å². The molecule has 0 heterocycles. The second-order valence-corrected chi connectivity index (χ2v) is 6.54. The van der Waals surface area contributed by atoms with Crippen molar-refractivity contribution in [3.63, 3.8) is 0 Å². The molecule has 25 heavy (non-hydrogen) atoms. The Morgan fingerprint density at radius 3 is 2.72 bits per heavy atom. The van der Waals surface area contributed by atoms with Crippen molar-refractivity contribution in [1.82, 2.24) is 5.32 Å². The average Bonchev–Trinajstić information content (AvgIpc) is 3.41. The molecule has 2 aromatic carbocycles. The van der Waals surface area contributed by atoms with Crippen LogP contribution < -0.4 is 10.1 Å². The summed E-state index contributed by atoms with van der Waals surface area (Å²) in [6, 6.07) is 13.7. The van der Waals surface area contributed by atoms with Gasteiger partial charge in [0.1, 0.15) is 11.6 Å². The summed E-state index contributed by atoms with van der Waals surface area (Å²) in [5, 5.41) is 12.0. The Bertz CT molecular complexity index is 758. The standard InChI is InChI=1S/C20H22FNO3/c1-14(25-16-6-4-5-15(11-16)12-23)19(24)22-13-20(9-10-20)17-7-2-3-8-18(17)21/h2-8,11,14,23H,9-10,12-13H2,1H3,(H,22,24). The number of hydrogen-bond acceptors (Lipinski definition) is 3. The van der Waals surface area contributed by atoms with Gasteiger partial charge < -0.3 is 15.2 Å². The number of rotatable bonds is 7. The second kappa shape index (κ2) is 7.23. The molecule has 1 amide bonds. The molecule has 1 saturated carbocycles. The van der Waals surface area contributed by atoms with Crippen LogP contribution in [-0.2, 0) is 16.8 Å². The molecular weight excluding hydrogens is 321 g/mol. The van der Waals surface area contributed by atoms with Gasteiger partial charge in [0.15, 0.2) is 6.10 Å². The Morgan fingerprint density at radius 2 is 2.04 bits per heavy atom. The minimum atomic E-state index is -0.676. The SMILES string of the molecule is CC(Oc1cccc(CO)c1)C(=O)NCC1(c2ccccc2F)CC1. The molecule has 0 spiro atoms. The molecule has 1 fully saturated rings. The van der Waals surface area contributed by atoms with Crippen LogP contribution in [0, 0.1) is 5.82 Å². The lowest BCUT2D eigenvalue weighted by atomic mass is 9.95. The number of carbonyl (C=O) groups excluding carboxylic acids is 1. The Labute approximate surface area is 146 Å². The Balaban J connectivity index is 1.58. The second-order valence-electron chi connectivity index (χ2n) is 6.54. The highest BCUT2D eigenvalue weighted by molar-refractivity contribution is 5.80. The molecule has 1 unspecified atom stereocenters. The maximum atomic E-state index is 14.0. The molecule has 0 aliphatic heterocycles. The minimum Gasteiger partial charge on any atom is -0.481 e. The molecule has 3 rings (SSSR count). The number of aliphatic hydroxyl groups excluding tert-OH is 1. The highest BCUT2D eigenvalue weighted by Crippen LogP contribution is 2.48. The summed E-state index contributed by atoms with van der Waals surface area (Å²) < 4.78 is 19.6. The zero-order valence-electron chi connectivity index (χ0n) is 14.2. The van der Waals surface area contributed by atoms with Crippen LogP contribution in [0.2, 0.25) is 0 Å². The summed E-state index contributed by atoms with van der Waals surface area (Å²) in [7, 11) is 0. The highest BCUT2D eigenvalue weighted by Gasteiger charge is 2.46. The minimum absolute atomic E-state index is 0.0804. The van der Waals surface area contributed by atoms with Gasteiger partial charge in [0.2, 0.25) is 0 Å². The molecule has 5 heteroatoms. The fourth-order valence-corrected chi connectivity index (χ4v) is 2.96. The fraction of sp³-hybridized carbons (Fsp3) is 0.350. The van der Waals surface area contributed by atoms with Gasteiger partial charge in [-0.05, 0) is 49.1 Å². The van der Waals surface area contributed by atoms with E-state index >= 15 is 0 Å². The van der Waals surface area contributed by atoms with Crippen LogP contribution in [0.25, 0.3) is 0 Å². The third kappa shape index (κ3) is 3.99. The maximum Gasteiger partial charge on any atom is 0.260 e. The quantitative estimate of drug-likeness (QED) is 0.813. The topological polar surface area (TPSA) is 58.6 Å². The van der Waals surface area contributed by atoms with Crippen LogP contribution in [0.15, 0.2) is 48.5 Å². The van der Waals surface area contributed by atoms with E-state index in [2.05, 4.69) is 5.32 Å². The molecule has 0 bridgehead atoms.